The summed E-state index contributed by atoms with van der Waals surface area (Å²) in [6.07, 6.45) is 7.65. The Balaban J connectivity index is 1.20. The van der Waals surface area contributed by atoms with Crippen LogP contribution in [-0.4, -0.2) is 33.8 Å². The third-order valence-electron chi connectivity index (χ3n) is 7.01. The van der Waals surface area contributed by atoms with E-state index in [1.165, 1.54) is 61.3 Å². The van der Waals surface area contributed by atoms with Crippen molar-refractivity contribution in [2.45, 2.75) is 55.7 Å². The molecule has 1 amide bonds. The van der Waals surface area contributed by atoms with Crippen molar-refractivity contribution in [2.24, 2.45) is 17.8 Å². The van der Waals surface area contributed by atoms with E-state index >= 15 is 0 Å². The van der Waals surface area contributed by atoms with Crippen LogP contribution in [0.5, 0.6) is 0 Å². The van der Waals surface area contributed by atoms with Crippen LogP contribution in [0.3, 0.4) is 0 Å². The zero-order valence-corrected chi connectivity index (χ0v) is 17.5. The van der Waals surface area contributed by atoms with Gasteiger partial charge in [-0.25, -0.2) is 4.39 Å². The quantitative estimate of drug-likeness (QED) is 0.654. The Morgan fingerprint density at radius 2 is 1.83 bits per heavy atom. The van der Waals surface area contributed by atoms with Crippen molar-refractivity contribution in [1.29, 1.82) is 0 Å². The Kier molecular flexibility index (Phi) is 4.88. The first-order valence-corrected chi connectivity index (χ1v) is 11.4. The monoisotopic (exact) mass is 415 g/mol. The van der Waals surface area contributed by atoms with Gasteiger partial charge in [0, 0.05) is 24.6 Å². The van der Waals surface area contributed by atoms with Crippen LogP contribution in [0.1, 0.15) is 50.0 Å². The van der Waals surface area contributed by atoms with E-state index in [4.69, 9.17) is 4.42 Å². The predicted molar refractivity (Wildman–Crippen MR) is 108 cm³/mol. The maximum atomic E-state index is 13.8. The second-order valence-corrected chi connectivity index (χ2v) is 10.1. The highest BCUT2D eigenvalue weighted by atomic mass is 32.2. The zero-order chi connectivity index (χ0) is 20.0. The van der Waals surface area contributed by atoms with Crippen molar-refractivity contribution >= 4 is 17.7 Å². The number of hydrogen-bond acceptors (Lipinski definition) is 5. The van der Waals surface area contributed by atoms with Crippen LogP contribution in [0.15, 0.2) is 33.9 Å². The van der Waals surface area contributed by atoms with Crippen molar-refractivity contribution in [2.75, 3.05) is 12.8 Å². The van der Waals surface area contributed by atoms with Gasteiger partial charge in [-0.15, -0.1) is 10.2 Å². The van der Waals surface area contributed by atoms with Gasteiger partial charge in [-0.2, -0.15) is 0 Å². The predicted octanol–water partition coefficient (Wildman–Crippen LogP) is 4.43. The van der Waals surface area contributed by atoms with E-state index in [1.807, 2.05) is 0 Å². The van der Waals surface area contributed by atoms with Gasteiger partial charge in [-0.05, 0) is 62.3 Å². The van der Waals surface area contributed by atoms with Crippen LogP contribution in [0.4, 0.5) is 4.39 Å². The van der Waals surface area contributed by atoms with Crippen molar-refractivity contribution in [3.05, 3.63) is 41.5 Å². The van der Waals surface area contributed by atoms with E-state index in [0.717, 1.165) is 23.6 Å². The largest absolute Gasteiger partial charge is 0.415 e. The maximum Gasteiger partial charge on any atom is 0.277 e. The highest BCUT2D eigenvalue weighted by Gasteiger charge is 2.54. The van der Waals surface area contributed by atoms with E-state index < -0.39 is 0 Å². The summed E-state index contributed by atoms with van der Waals surface area (Å²) in [4.78, 5) is 14.0. The Labute approximate surface area is 174 Å². The maximum absolute atomic E-state index is 13.8. The highest BCUT2D eigenvalue weighted by Crippen LogP contribution is 2.60. The Bertz CT molecular complexity index is 880. The van der Waals surface area contributed by atoms with Crippen LogP contribution in [-0.2, 0) is 16.8 Å². The zero-order valence-electron chi connectivity index (χ0n) is 16.6. The molecule has 1 heterocycles. The average molecular weight is 416 g/mol. The molecular weight excluding hydrogens is 389 g/mol. The first-order valence-electron chi connectivity index (χ1n) is 10.4. The lowest BCUT2D eigenvalue weighted by Crippen LogP contribution is -2.48. The number of nitrogens with zero attached hydrogens (tertiary/aromatic N) is 3. The van der Waals surface area contributed by atoms with Gasteiger partial charge in [0.25, 0.3) is 5.22 Å². The molecular formula is C22H26FN3O2S. The van der Waals surface area contributed by atoms with E-state index in [2.05, 4.69) is 10.2 Å². The van der Waals surface area contributed by atoms with Gasteiger partial charge in [0.2, 0.25) is 11.8 Å². The minimum atomic E-state index is -0.295. The number of rotatable bonds is 6. The fourth-order valence-electron chi connectivity index (χ4n) is 6.06. The summed E-state index contributed by atoms with van der Waals surface area (Å²) in [6, 6.07) is 6.53. The Hall–Kier alpha value is -1.89. The molecule has 7 heteroatoms. The minimum Gasteiger partial charge on any atom is -0.415 e. The molecule has 0 N–H and O–H groups in total. The molecule has 1 aromatic carbocycles. The lowest BCUT2D eigenvalue weighted by Gasteiger charge is -2.55. The molecule has 1 aromatic heterocycles. The molecule has 154 valence electrons. The topological polar surface area (TPSA) is 59.2 Å². The van der Waals surface area contributed by atoms with Gasteiger partial charge in [-0.3, -0.25) is 4.79 Å². The van der Waals surface area contributed by atoms with E-state index in [-0.39, 0.29) is 29.4 Å². The normalized spacial score (nSPS) is 29.9. The minimum absolute atomic E-state index is 0.0756. The third-order valence-corrected chi connectivity index (χ3v) is 7.81. The fourth-order valence-corrected chi connectivity index (χ4v) is 6.76. The number of benzene rings is 1. The highest BCUT2D eigenvalue weighted by molar-refractivity contribution is 7.99. The van der Waals surface area contributed by atoms with Gasteiger partial charge in [0.15, 0.2) is 0 Å². The summed E-state index contributed by atoms with van der Waals surface area (Å²) in [5.74, 6) is 3.05. The lowest BCUT2D eigenvalue weighted by molar-refractivity contribution is -0.127. The molecule has 4 bridgehead atoms. The molecule has 29 heavy (non-hydrogen) atoms. The summed E-state index contributed by atoms with van der Waals surface area (Å²) in [7, 11) is 1.68. The second-order valence-electron chi connectivity index (χ2n) is 9.20. The molecule has 4 fully saturated rings. The molecule has 6 rings (SSSR count). The van der Waals surface area contributed by atoms with Gasteiger partial charge in [0.1, 0.15) is 5.82 Å². The van der Waals surface area contributed by atoms with Crippen molar-refractivity contribution in [3.8, 4) is 0 Å². The number of thioether (sulfide) groups is 1. The van der Waals surface area contributed by atoms with E-state index in [9.17, 15) is 9.18 Å². The second kappa shape index (κ2) is 7.42. The fraction of sp³-hybridized carbons (Fsp3) is 0.591. The molecule has 0 saturated heterocycles. The first kappa shape index (κ1) is 19.1. The number of carbonyl (C=O) groups is 1. The molecule has 0 unspecified atom stereocenters. The summed E-state index contributed by atoms with van der Waals surface area (Å²) < 4.78 is 19.8. The number of aromatic nitrogens is 2. The molecule has 0 atom stereocenters. The van der Waals surface area contributed by atoms with Crippen molar-refractivity contribution < 1.29 is 13.6 Å². The van der Waals surface area contributed by atoms with Gasteiger partial charge in [0.05, 0.1) is 5.75 Å². The molecule has 4 aliphatic rings. The summed E-state index contributed by atoms with van der Waals surface area (Å²) in [6.45, 7) is 0.244. The summed E-state index contributed by atoms with van der Waals surface area (Å²) in [5.41, 5.74) is 0.585. The van der Waals surface area contributed by atoms with Crippen LogP contribution >= 0.6 is 11.8 Å². The van der Waals surface area contributed by atoms with Gasteiger partial charge < -0.3 is 9.32 Å². The van der Waals surface area contributed by atoms with Crippen LogP contribution in [0.25, 0.3) is 0 Å². The number of hydrogen-bond donors (Lipinski definition) is 0. The molecule has 5 nitrogen and oxygen atoms in total. The molecule has 0 spiro atoms. The Morgan fingerprint density at radius 3 is 2.48 bits per heavy atom. The smallest absolute Gasteiger partial charge is 0.277 e. The Morgan fingerprint density at radius 1 is 1.17 bits per heavy atom. The van der Waals surface area contributed by atoms with Gasteiger partial charge in [-0.1, -0.05) is 30.0 Å². The number of carbonyl (C=O) groups excluding carboxylic acids is 1. The van der Waals surface area contributed by atoms with E-state index in [0.29, 0.717) is 10.8 Å². The molecule has 4 saturated carbocycles. The van der Waals surface area contributed by atoms with Crippen LogP contribution in [0.2, 0.25) is 0 Å². The summed E-state index contributed by atoms with van der Waals surface area (Å²) in [5, 5.41) is 9.08. The van der Waals surface area contributed by atoms with Crippen molar-refractivity contribution in [1.82, 2.24) is 15.1 Å². The molecule has 0 radical (unpaired) electrons. The molecule has 2 aromatic rings. The van der Waals surface area contributed by atoms with Gasteiger partial charge >= 0.3 is 0 Å². The number of amides is 1. The lowest BCUT2D eigenvalue weighted by atomic mass is 9.49. The first-order chi connectivity index (χ1) is 14.0. The third kappa shape index (κ3) is 3.69. The van der Waals surface area contributed by atoms with Crippen LogP contribution in [0, 0.1) is 23.6 Å². The number of halogens is 1. The molecule has 4 aliphatic carbocycles. The average Bonchev–Trinajstić information content (AvgIpc) is 3.17. The standard InChI is InChI=1S/C22H26FN3O2S/c1-26(12-17-4-2-3-5-18(17)23)19(27)13-29-21-25-24-20(28-21)22-9-14-6-15(10-22)8-16(7-14)11-22/h2-5,14-16H,6-13H2,1H3. The van der Waals surface area contributed by atoms with E-state index in [1.54, 1.807) is 25.2 Å². The SMILES string of the molecule is CN(Cc1ccccc1F)C(=O)CSc1nnc(C23CC4CC(CC(C4)C2)C3)o1. The molecule has 0 aliphatic heterocycles. The van der Waals surface area contributed by atoms with Crippen molar-refractivity contribution in [3.63, 3.8) is 0 Å². The summed E-state index contributed by atoms with van der Waals surface area (Å²) >= 11 is 1.27. The van der Waals surface area contributed by atoms with Crippen LogP contribution < -0.4 is 0 Å².